The van der Waals surface area contributed by atoms with Gasteiger partial charge in [-0.3, -0.25) is 18.5 Å². The molecule has 1 N–H and O–H groups in total. The Morgan fingerprint density at radius 1 is 1.19 bits per heavy atom. The Bertz CT molecular complexity index is 767. The summed E-state index contributed by atoms with van der Waals surface area (Å²) in [5.41, 5.74) is -2.53. The van der Waals surface area contributed by atoms with E-state index in [1.165, 1.54) is 12.1 Å². The van der Waals surface area contributed by atoms with Gasteiger partial charge in [0.1, 0.15) is 5.69 Å². The summed E-state index contributed by atoms with van der Waals surface area (Å²) in [6.45, 7) is 8.78. The highest BCUT2D eigenvalue weighted by atomic mass is 31.2. The van der Waals surface area contributed by atoms with Crippen molar-refractivity contribution in [3.8, 4) is 0 Å². The third-order valence-corrected chi connectivity index (χ3v) is 5.79. The van der Waals surface area contributed by atoms with Crippen molar-refractivity contribution < 1.29 is 32.3 Å². The number of aromatic nitrogens is 1. The maximum Gasteiger partial charge on any atom is 0.407 e. The van der Waals surface area contributed by atoms with E-state index in [1.54, 1.807) is 41.5 Å². The van der Waals surface area contributed by atoms with Crippen molar-refractivity contribution in [3.63, 3.8) is 0 Å². The second-order valence-electron chi connectivity index (χ2n) is 8.43. The van der Waals surface area contributed by atoms with Crippen LogP contribution in [0.25, 0.3) is 0 Å². The van der Waals surface area contributed by atoms with Crippen LogP contribution in [0.3, 0.4) is 0 Å². The molecule has 7 nitrogen and oxygen atoms in total. The smallest absolute Gasteiger partial charge is 0.407 e. The summed E-state index contributed by atoms with van der Waals surface area (Å²) < 4.78 is 53.7. The summed E-state index contributed by atoms with van der Waals surface area (Å²) in [6, 6.07) is 2.59. The van der Waals surface area contributed by atoms with Crippen LogP contribution in [0.2, 0.25) is 0 Å². The fourth-order valence-electron chi connectivity index (χ4n) is 2.62. The van der Waals surface area contributed by atoms with Gasteiger partial charge in [0.05, 0.1) is 24.3 Å². The second-order valence-corrected chi connectivity index (χ2v) is 10.2. The van der Waals surface area contributed by atoms with Gasteiger partial charge in [0.15, 0.2) is 5.44 Å². The first-order chi connectivity index (χ1) is 12.0. The summed E-state index contributed by atoms with van der Waals surface area (Å²) >= 11 is 0. The lowest BCUT2D eigenvalue weighted by atomic mass is 10.0. The number of fused-ring (bicyclic) bond motifs is 1. The fourth-order valence-corrected chi connectivity index (χ4v) is 4.77. The topological polar surface area (TPSA) is 89.0 Å². The van der Waals surface area contributed by atoms with Crippen molar-refractivity contribution in [2.24, 2.45) is 0 Å². The molecule has 0 aliphatic carbocycles. The minimum Gasteiger partial charge on any atom is -0.465 e. The van der Waals surface area contributed by atoms with Gasteiger partial charge in [-0.1, -0.05) is 6.07 Å². The van der Waals surface area contributed by atoms with Gasteiger partial charge in [-0.05, 0) is 53.2 Å². The van der Waals surface area contributed by atoms with Gasteiger partial charge in [-0.25, -0.2) is 9.78 Å². The van der Waals surface area contributed by atoms with E-state index in [0.29, 0.717) is 4.90 Å². The molecule has 1 aromatic heterocycles. The molecule has 1 aromatic rings. The zero-order valence-corrected chi connectivity index (χ0v) is 17.1. The molecule has 2 rings (SSSR count). The molecule has 0 spiro atoms. The summed E-state index contributed by atoms with van der Waals surface area (Å²) in [7, 11) is -4.03. The van der Waals surface area contributed by atoms with Gasteiger partial charge in [0, 0.05) is 0 Å². The minimum atomic E-state index is -4.03. The lowest BCUT2D eigenvalue weighted by Gasteiger charge is -2.34. The van der Waals surface area contributed by atoms with E-state index < -0.39 is 43.1 Å². The molecular formula is C17H25F2N2O5P. The van der Waals surface area contributed by atoms with Gasteiger partial charge in [0.2, 0.25) is 0 Å². The fraction of sp³-hybridized carbons (Fsp3) is 0.647. The lowest BCUT2D eigenvalue weighted by Crippen LogP contribution is -2.44. The van der Waals surface area contributed by atoms with Crippen molar-refractivity contribution in [1.82, 2.24) is 9.88 Å². The van der Waals surface area contributed by atoms with E-state index in [-0.39, 0.29) is 17.5 Å². The zero-order valence-electron chi connectivity index (χ0n) is 16.2. The first kappa shape index (κ1) is 21.7. The SMILES string of the molecule is CC(C)(C)OP(=O)(OC(C)(C)C)c1ccc2c(n1)C(F)(F)CN(C(=O)O)C2. The first-order valence-electron chi connectivity index (χ1n) is 8.41. The Balaban J connectivity index is 2.54. The number of hydrogen-bond acceptors (Lipinski definition) is 5. The molecule has 0 saturated heterocycles. The van der Waals surface area contributed by atoms with Crippen LogP contribution in [-0.4, -0.2) is 38.8 Å². The first-order valence-corrected chi connectivity index (χ1v) is 9.95. The maximum absolute atomic E-state index is 14.5. The highest BCUT2D eigenvalue weighted by Crippen LogP contribution is 2.53. The molecule has 0 bridgehead atoms. The van der Waals surface area contributed by atoms with Crippen LogP contribution in [0.1, 0.15) is 52.8 Å². The average molecular weight is 406 g/mol. The van der Waals surface area contributed by atoms with Crippen molar-refractivity contribution in [1.29, 1.82) is 0 Å². The monoisotopic (exact) mass is 406 g/mol. The highest BCUT2D eigenvalue weighted by Gasteiger charge is 2.46. The quantitative estimate of drug-likeness (QED) is 0.760. The number of rotatable bonds is 3. The molecule has 1 aliphatic rings. The molecule has 0 fully saturated rings. The Morgan fingerprint density at radius 3 is 2.15 bits per heavy atom. The number of halogens is 2. The van der Waals surface area contributed by atoms with Crippen LogP contribution in [0.4, 0.5) is 13.6 Å². The van der Waals surface area contributed by atoms with Crippen molar-refractivity contribution in [3.05, 3.63) is 23.4 Å². The molecule has 1 aliphatic heterocycles. The van der Waals surface area contributed by atoms with Gasteiger partial charge < -0.3 is 5.11 Å². The van der Waals surface area contributed by atoms with E-state index in [0.717, 1.165) is 0 Å². The zero-order chi connectivity index (χ0) is 20.8. The molecule has 0 saturated carbocycles. The molecule has 2 heterocycles. The summed E-state index contributed by atoms with van der Waals surface area (Å²) in [6.07, 6.45) is -1.44. The van der Waals surface area contributed by atoms with Crippen molar-refractivity contribution in [2.45, 2.75) is 65.2 Å². The Labute approximate surface area is 157 Å². The number of carboxylic acid groups (broad SMARTS) is 1. The van der Waals surface area contributed by atoms with Crippen LogP contribution in [-0.2, 0) is 26.1 Å². The molecule has 10 heteroatoms. The van der Waals surface area contributed by atoms with E-state index in [1.807, 2.05) is 0 Å². The summed E-state index contributed by atoms with van der Waals surface area (Å²) in [4.78, 5) is 15.6. The van der Waals surface area contributed by atoms with Crippen molar-refractivity contribution >= 4 is 19.1 Å². The summed E-state index contributed by atoms with van der Waals surface area (Å²) in [5.74, 6) is -3.52. The van der Waals surface area contributed by atoms with Gasteiger partial charge in [-0.15, -0.1) is 0 Å². The van der Waals surface area contributed by atoms with Crippen LogP contribution >= 0.6 is 7.60 Å². The normalized spacial score (nSPS) is 17.6. The predicted molar refractivity (Wildman–Crippen MR) is 95.5 cm³/mol. The standard InChI is InChI=1S/C17H25F2N2O5P/c1-15(2,3)25-27(24,26-16(4,5)6)12-8-7-11-9-21(14(22)23)10-17(18,19)13(11)20-12/h7-8H,9-10H2,1-6H3,(H,22,23). The summed E-state index contributed by atoms with van der Waals surface area (Å²) in [5, 5.41) is 9.02. The van der Waals surface area contributed by atoms with E-state index in [9.17, 15) is 18.1 Å². The lowest BCUT2D eigenvalue weighted by molar-refractivity contribution is -0.0502. The molecule has 152 valence electrons. The minimum absolute atomic E-state index is 0.0514. The maximum atomic E-state index is 14.5. The number of hydrogen-bond donors (Lipinski definition) is 1. The van der Waals surface area contributed by atoms with Gasteiger partial charge >= 0.3 is 19.6 Å². The van der Waals surface area contributed by atoms with Gasteiger partial charge in [-0.2, -0.15) is 8.78 Å². The number of carbonyl (C=O) groups is 1. The molecule has 0 aromatic carbocycles. The molecule has 0 radical (unpaired) electrons. The highest BCUT2D eigenvalue weighted by molar-refractivity contribution is 7.62. The van der Waals surface area contributed by atoms with Crippen LogP contribution in [0.15, 0.2) is 12.1 Å². The van der Waals surface area contributed by atoms with E-state index in [4.69, 9.17) is 14.2 Å². The number of alkyl halides is 2. The van der Waals surface area contributed by atoms with Gasteiger partial charge in [0.25, 0.3) is 0 Å². The Kier molecular flexibility index (Phi) is 5.47. The largest absolute Gasteiger partial charge is 0.465 e. The number of nitrogens with zero attached hydrogens (tertiary/aromatic N) is 2. The second kappa shape index (κ2) is 6.79. The molecule has 0 atom stereocenters. The molecule has 0 unspecified atom stereocenters. The number of pyridine rings is 1. The molecule has 27 heavy (non-hydrogen) atoms. The average Bonchev–Trinajstić information content (AvgIpc) is 2.41. The predicted octanol–water partition coefficient (Wildman–Crippen LogP) is 4.12. The molecule has 1 amide bonds. The van der Waals surface area contributed by atoms with E-state index >= 15 is 0 Å². The van der Waals surface area contributed by atoms with Crippen LogP contribution in [0.5, 0.6) is 0 Å². The van der Waals surface area contributed by atoms with Crippen LogP contribution < -0.4 is 5.44 Å². The van der Waals surface area contributed by atoms with E-state index in [2.05, 4.69) is 4.98 Å². The number of amides is 1. The van der Waals surface area contributed by atoms with Crippen LogP contribution in [0, 0.1) is 0 Å². The van der Waals surface area contributed by atoms with Crippen molar-refractivity contribution in [2.75, 3.05) is 6.54 Å². The Morgan fingerprint density at radius 2 is 1.70 bits per heavy atom. The third kappa shape index (κ3) is 5.24. The third-order valence-electron chi connectivity index (χ3n) is 3.40. The Hall–Kier alpha value is -1.57. The molecular weight excluding hydrogens is 381 g/mol.